The molecule has 1 aromatic heterocycles. The van der Waals surface area contributed by atoms with E-state index in [1.165, 1.54) is 18.0 Å². The molecule has 0 aromatic carbocycles. The number of carboxylic acid groups (broad SMARTS) is 1. The van der Waals surface area contributed by atoms with Crippen LogP contribution in [0.15, 0.2) is 11.4 Å². The number of nitrogens with one attached hydrogen (secondary N) is 1. The van der Waals surface area contributed by atoms with Gasteiger partial charge in [-0.3, -0.25) is 0 Å². The number of aromatic carboxylic acids is 1. The third kappa shape index (κ3) is 3.57. The topological polar surface area (TPSA) is 95.3 Å². The monoisotopic (exact) mass is 257 g/mol. The Balaban J connectivity index is 3.13. The summed E-state index contributed by atoms with van der Waals surface area (Å²) in [7, 11) is 0. The number of thioether (sulfide) groups is 1. The number of hydrogen-bond donors (Lipinski definition) is 3. The highest BCUT2D eigenvalue weighted by Gasteiger charge is 2.21. The number of hydrogen-bond acceptors (Lipinski definition) is 6. The van der Waals surface area contributed by atoms with Gasteiger partial charge in [-0.25, -0.2) is 14.8 Å². The van der Waals surface area contributed by atoms with E-state index in [1.807, 2.05) is 0 Å². The van der Waals surface area contributed by atoms with Crippen molar-refractivity contribution in [2.45, 2.75) is 24.5 Å². The molecule has 0 spiro atoms. The molecule has 0 aliphatic rings. The number of rotatable bonds is 5. The SMILES string of the molecule is CSc1ncc(C(=O)O)c(NC(C)(C)CO)n1. The van der Waals surface area contributed by atoms with E-state index in [0.29, 0.717) is 5.16 Å². The average Bonchev–Trinajstić information content (AvgIpc) is 2.28. The highest BCUT2D eigenvalue weighted by atomic mass is 32.2. The maximum Gasteiger partial charge on any atom is 0.341 e. The molecule has 1 aromatic rings. The van der Waals surface area contributed by atoms with Crippen LogP contribution in [0.25, 0.3) is 0 Å². The van der Waals surface area contributed by atoms with Gasteiger partial charge in [0.1, 0.15) is 11.4 Å². The lowest BCUT2D eigenvalue weighted by Gasteiger charge is -2.24. The Morgan fingerprint density at radius 1 is 1.59 bits per heavy atom. The molecular weight excluding hydrogens is 242 g/mol. The average molecular weight is 257 g/mol. The zero-order valence-electron chi connectivity index (χ0n) is 9.89. The standard InChI is InChI=1S/C10H15N3O3S/c1-10(2,5-14)13-7-6(8(15)16)4-11-9(12-7)17-3/h4,14H,5H2,1-3H3,(H,15,16)(H,11,12,13). The normalized spacial score (nSPS) is 11.3. The molecular formula is C10H15N3O3S. The molecule has 17 heavy (non-hydrogen) atoms. The minimum absolute atomic E-state index is 0.00988. The third-order valence-electron chi connectivity index (χ3n) is 2.03. The number of carboxylic acids is 1. The molecule has 0 aliphatic heterocycles. The first kappa shape index (κ1) is 13.7. The summed E-state index contributed by atoms with van der Waals surface area (Å²) in [6.45, 7) is 3.36. The zero-order chi connectivity index (χ0) is 13.1. The van der Waals surface area contributed by atoms with Gasteiger partial charge in [0.15, 0.2) is 5.16 Å². The maximum absolute atomic E-state index is 11.0. The Kier molecular flexibility index (Phi) is 4.30. The van der Waals surface area contributed by atoms with Crippen molar-refractivity contribution in [1.29, 1.82) is 0 Å². The Bertz CT molecular complexity index is 423. The number of anilines is 1. The second kappa shape index (κ2) is 5.33. The van der Waals surface area contributed by atoms with E-state index in [4.69, 9.17) is 10.2 Å². The largest absolute Gasteiger partial charge is 0.477 e. The van der Waals surface area contributed by atoms with Gasteiger partial charge in [-0.2, -0.15) is 0 Å². The van der Waals surface area contributed by atoms with Gasteiger partial charge in [0, 0.05) is 6.20 Å². The van der Waals surface area contributed by atoms with E-state index >= 15 is 0 Å². The molecule has 0 saturated carbocycles. The van der Waals surface area contributed by atoms with Crippen molar-refractivity contribution in [1.82, 2.24) is 9.97 Å². The third-order valence-corrected chi connectivity index (χ3v) is 2.59. The molecule has 0 unspecified atom stereocenters. The van der Waals surface area contributed by atoms with Gasteiger partial charge in [-0.15, -0.1) is 0 Å². The Hall–Kier alpha value is -1.34. The van der Waals surface area contributed by atoms with E-state index in [1.54, 1.807) is 20.1 Å². The summed E-state index contributed by atoms with van der Waals surface area (Å²) in [6, 6.07) is 0. The molecule has 6 nitrogen and oxygen atoms in total. The molecule has 0 radical (unpaired) electrons. The summed E-state index contributed by atoms with van der Waals surface area (Å²) >= 11 is 1.32. The molecule has 0 saturated heterocycles. The molecule has 0 bridgehead atoms. The molecule has 7 heteroatoms. The van der Waals surface area contributed by atoms with E-state index in [-0.39, 0.29) is 18.0 Å². The number of nitrogens with zero attached hydrogens (tertiary/aromatic N) is 2. The van der Waals surface area contributed by atoms with Gasteiger partial charge < -0.3 is 15.5 Å². The molecule has 0 fully saturated rings. The van der Waals surface area contributed by atoms with Gasteiger partial charge in [0.25, 0.3) is 0 Å². The van der Waals surface area contributed by atoms with Crippen LogP contribution >= 0.6 is 11.8 Å². The van der Waals surface area contributed by atoms with Gasteiger partial charge >= 0.3 is 5.97 Å². The molecule has 1 heterocycles. The lowest BCUT2D eigenvalue weighted by Crippen LogP contribution is -2.36. The highest BCUT2D eigenvalue weighted by molar-refractivity contribution is 7.98. The van der Waals surface area contributed by atoms with Crippen LogP contribution < -0.4 is 5.32 Å². The smallest absolute Gasteiger partial charge is 0.341 e. The van der Waals surface area contributed by atoms with Crippen molar-refractivity contribution in [2.75, 3.05) is 18.2 Å². The fourth-order valence-corrected chi connectivity index (χ4v) is 1.42. The van der Waals surface area contributed by atoms with E-state index in [2.05, 4.69) is 15.3 Å². The molecule has 94 valence electrons. The van der Waals surface area contributed by atoms with E-state index < -0.39 is 11.5 Å². The predicted octanol–water partition coefficient (Wildman–Crippen LogP) is 1.08. The Labute approximate surface area is 103 Å². The van der Waals surface area contributed by atoms with Gasteiger partial charge in [-0.05, 0) is 20.1 Å². The lowest BCUT2D eigenvalue weighted by atomic mass is 10.1. The van der Waals surface area contributed by atoms with Crippen molar-refractivity contribution < 1.29 is 15.0 Å². The molecule has 1 rings (SSSR count). The second-order valence-electron chi connectivity index (χ2n) is 4.09. The van der Waals surface area contributed by atoms with Crippen LogP contribution in [-0.2, 0) is 0 Å². The summed E-state index contributed by atoms with van der Waals surface area (Å²) in [5, 5.41) is 21.5. The number of carbonyl (C=O) groups is 1. The fraction of sp³-hybridized carbons (Fsp3) is 0.500. The molecule has 0 aliphatic carbocycles. The predicted molar refractivity (Wildman–Crippen MR) is 65.6 cm³/mol. The van der Waals surface area contributed by atoms with Crippen LogP contribution in [0.4, 0.5) is 5.82 Å². The number of aromatic nitrogens is 2. The first-order chi connectivity index (χ1) is 7.89. The van der Waals surface area contributed by atoms with Crippen molar-refractivity contribution >= 4 is 23.5 Å². The van der Waals surface area contributed by atoms with Crippen LogP contribution in [-0.4, -0.2) is 44.6 Å². The highest BCUT2D eigenvalue weighted by Crippen LogP contribution is 2.20. The van der Waals surface area contributed by atoms with Crippen LogP contribution in [0, 0.1) is 0 Å². The molecule has 3 N–H and O–H groups in total. The minimum Gasteiger partial charge on any atom is -0.477 e. The van der Waals surface area contributed by atoms with Gasteiger partial charge in [-0.1, -0.05) is 11.8 Å². The van der Waals surface area contributed by atoms with E-state index in [0.717, 1.165) is 0 Å². The van der Waals surface area contributed by atoms with Crippen LogP contribution in [0.3, 0.4) is 0 Å². The van der Waals surface area contributed by atoms with Gasteiger partial charge in [0.2, 0.25) is 0 Å². The van der Waals surface area contributed by atoms with Crippen molar-refractivity contribution in [3.05, 3.63) is 11.8 Å². The number of aliphatic hydroxyl groups excluding tert-OH is 1. The Morgan fingerprint density at radius 3 is 2.71 bits per heavy atom. The lowest BCUT2D eigenvalue weighted by molar-refractivity contribution is 0.0696. The minimum atomic E-state index is -1.10. The van der Waals surface area contributed by atoms with Crippen LogP contribution in [0.1, 0.15) is 24.2 Å². The summed E-state index contributed by atoms with van der Waals surface area (Å²) in [6.07, 6.45) is 3.06. The summed E-state index contributed by atoms with van der Waals surface area (Å²) in [5.41, 5.74) is -0.654. The summed E-state index contributed by atoms with van der Waals surface area (Å²) < 4.78 is 0. The zero-order valence-corrected chi connectivity index (χ0v) is 10.7. The van der Waals surface area contributed by atoms with E-state index in [9.17, 15) is 4.79 Å². The fourth-order valence-electron chi connectivity index (χ4n) is 1.08. The van der Waals surface area contributed by atoms with Gasteiger partial charge in [0.05, 0.1) is 12.1 Å². The maximum atomic E-state index is 11.0. The van der Waals surface area contributed by atoms with Crippen LogP contribution in [0.2, 0.25) is 0 Å². The van der Waals surface area contributed by atoms with Crippen LogP contribution in [0.5, 0.6) is 0 Å². The van der Waals surface area contributed by atoms with Crippen molar-refractivity contribution in [2.24, 2.45) is 0 Å². The first-order valence-electron chi connectivity index (χ1n) is 4.93. The number of aliphatic hydroxyl groups is 1. The second-order valence-corrected chi connectivity index (χ2v) is 4.86. The molecule has 0 amide bonds. The quantitative estimate of drug-likeness (QED) is 0.536. The molecule has 0 atom stereocenters. The first-order valence-corrected chi connectivity index (χ1v) is 6.15. The summed E-state index contributed by atoms with van der Waals surface area (Å²) in [5.74, 6) is -0.884. The Morgan fingerprint density at radius 2 is 2.24 bits per heavy atom. The van der Waals surface area contributed by atoms with Crippen molar-refractivity contribution in [3.63, 3.8) is 0 Å². The van der Waals surface area contributed by atoms with Crippen molar-refractivity contribution in [3.8, 4) is 0 Å². The summed E-state index contributed by atoms with van der Waals surface area (Å²) in [4.78, 5) is 19.0.